The fraction of sp³-hybridized carbons (Fsp3) is 0.200. The Balaban J connectivity index is 2.06. The van der Waals surface area contributed by atoms with Crippen LogP contribution in [0, 0.1) is 0 Å². The molecular formula is C15H13BrCl2O2. The highest BCUT2D eigenvalue weighted by atomic mass is 79.9. The number of rotatable bonds is 5. The number of hydrogen-bond acceptors (Lipinski definition) is 2. The molecule has 0 fully saturated rings. The second-order valence-electron chi connectivity index (χ2n) is 4.24. The number of hydrogen-bond donors (Lipinski definition) is 1. The van der Waals surface area contributed by atoms with Crippen molar-refractivity contribution < 1.29 is 9.84 Å². The molecule has 0 saturated heterocycles. The van der Waals surface area contributed by atoms with E-state index in [0.717, 1.165) is 10.0 Å². The molecule has 20 heavy (non-hydrogen) atoms. The summed E-state index contributed by atoms with van der Waals surface area (Å²) in [6, 6.07) is 15.2. The lowest BCUT2D eigenvalue weighted by molar-refractivity contribution is 0.192. The molecule has 1 atom stereocenters. The first kappa shape index (κ1) is 15.6. The Morgan fingerprint density at radius 3 is 2.40 bits per heavy atom. The van der Waals surface area contributed by atoms with E-state index >= 15 is 0 Å². The van der Waals surface area contributed by atoms with Crippen LogP contribution in [-0.2, 0) is 6.61 Å². The minimum atomic E-state index is -0.919. The molecule has 1 N–H and O–H groups in total. The first-order valence-corrected chi connectivity index (χ1v) is 7.67. The van der Waals surface area contributed by atoms with E-state index in [2.05, 4.69) is 15.9 Å². The normalized spacial score (nSPS) is 12.4. The predicted molar refractivity (Wildman–Crippen MR) is 85.4 cm³/mol. The molecule has 0 amide bonds. The topological polar surface area (TPSA) is 29.5 Å². The molecule has 1 unspecified atom stereocenters. The van der Waals surface area contributed by atoms with Crippen LogP contribution in [0.2, 0.25) is 0 Å². The van der Waals surface area contributed by atoms with Crippen molar-refractivity contribution in [2.24, 2.45) is 0 Å². The summed E-state index contributed by atoms with van der Waals surface area (Å²) in [6.07, 6.45) is -0.919. The summed E-state index contributed by atoms with van der Waals surface area (Å²) >= 11 is 14.7. The molecule has 0 aliphatic carbocycles. The van der Waals surface area contributed by atoms with E-state index in [-0.39, 0.29) is 0 Å². The van der Waals surface area contributed by atoms with Gasteiger partial charge >= 0.3 is 0 Å². The van der Waals surface area contributed by atoms with Crippen LogP contribution < -0.4 is 4.74 Å². The number of aliphatic hydroxyl groups excluding tert-OH is 1. The van der Waals surface area contributed by atoms with E-state index < -0.39 is 10.9 Å². The maximum Gasteiger partial charge on any atom is 0.137 e. The largest absolute Gasteiger partial charge is 0.488 e. The number of halogens is 3. The molecule has 2 nitrogen and oxygen atoms in total. The Bertz CT molecular complexity index is 561. The van der Waals surface area contributed by atoms with Gasteiger partial charge in [-0.15, -0.1) is 23.2 Å². The minimum Gasteiger partial charge on any atom is -0.488 e. The zero-order chi connectivity index (χ0) is 14.5. The molecule has 5 heteroatoms. The van der Waals surface area contributed by atoms with Crippen molar-refractivity contribution in [1.29, 1.82) is 0 Å². The molecule has 2 aromatic rings. The summed E-state index contributed by atoms with van der Waals surface area (Å²) < 4.78 is 6.47. The Labute approximate surface area is 136 Å². The molecule has 0 aromatic heterocycles. The standard InChI is InChI=1S/C15H13BrCl2O2/c16-12-8-11(14(19)15(17)18)6-7-13(12)20-9-10-4-2-1-3-5-10/h1-8,14-15,19H,9H2. The summed E-state index contributed by atoms with van der Waals surface area (Å²) in [5, 5.41) is 9.80. The number of aliphatic hydroxyl groups is 1. The lowest BCUT2D eigenvalue weighted by Gasteiger charge is -2.14. The van der Waals surface area contributed by atoms with Gasteiger partial charge in [-0.2, -0.15) is 0 Å². The van der Waals surface area contributed by atoms with Crippen LogP contribution >= 0.6 is 39.1 Å². The first-order valence-electron chi connectivity index (χ1n) is 6.00. The Kier molecular flexibility index (Phi) is 5.73. The van der Waals surface area contributed by atoms with Gasteiger partial charge in [-0.3, -0.25) is 0 Å². The summed E-state index contributed by atoms with van der Waals surface area (Å²) in [7, 11) is 0. The third kappa shape index (κ3) is 4.13. The van der Waals surface area contributed by atoms with Crippen molar-refractivity contribution in [1.82, 2.24) is 0 Å². The van der Waals surface area contributed by atoms with Gasteiger partial charge in [0.15, 0.2) is 0 Å². The van der Waals surface area contributed by atoms with Gasteiger partial charge in [0, 0.05) is 0 Å². The SMILES string of the molecule is OC(c1ccc(OCc2ccccc2)c(Br)c1)C(Cl)Cl. The quantitative estimate of drug-likeness (QED) is 0.755. The van der Waals surface area contributed by atoms with E-state index in [1.54, 1.807) is 18.2 Å². The van der Waals surface area contributed by atoms with Crippen molar-refractivity contribution in [3.8, 4) is 5.75 Å². The number of benzene rings is 2. The highest BCUT2D eigenvalue weighted by Crippen LogP contribution is 2.31. The molecule has 2 aromatic carbocycles. The molecule has 0 radical (unpaired) electrons. The number of ether oxygens (including phenoxy) is 1. The van der Waals surface area contributed by atoms with Gasteiger partial charge in [-0.1, -0.05) is 36.4 Å². The summed E-state index contributed by atoms with van der Waals surface area (Å²) in [6.45, 7) is 0.481. The molecule has 0 saturated carbocycles. The zero-order valence-electron chi connectivity index (χ0n) is 10.5. The highest BCUT2D eigenvalue weighted by molar-refractivity contribution is 9.10. The Hall–Kier alpha value is -0.740. The summed E-state index contributed by atoms with van der Waals surface area (Å²) in [4.78, 5) is -0.863. The molecule has 0 aliphatic rings. The number of alkyl halides is 2. The van der Waals surface area contributed by atoms with Gasteiger partial charge < -0.3 is 9.84 Å². The van der Waals surface area contributed by atoms with Crippen LogP contribution in [0.4, 0.5) is 0 Å². The minimum absolute atomic E-state index is 0.481. The van der Waals surface area contributed by atoms with Crippen molar-refractivity contribution in [3.63, 3.8) is 0 Å². The average Bonchev–Trinajstić information content (AvgIpc) is 2.46. The molecule has 2 rings (SSSR count). The first-order chi connectivity index (χ1) is 9.58. The molecular weight excluding hydrogens is 363 g/mol. The van der Waals surface area contributed by atoms with E-state index in [4.69, 9.17) is 27.9 Å². The molecule has 0 spiro atoms. The van der Waals surface area contributed by atoms with Crippen LogP contribution in [0.15, 0.2) is 53.0 Å². The fourth-order valence-corrected chi connectivity index (χ4v) is 2.50. The molecule has 0 aliphatic heterocycles. The second kappa shape index (κ2) is 7.32. The van der Waals surface area contributed by atoms with Crippen molar-refractivity contribution >= 4 is 39.1 Å². The predicted octanol–water partition coefficient (Wildman–Crippen LogP) is 4.87. The van der Waals surface area contributed by atoms with Gasteiger partial charge in [0.2, 0.25) is 0 Å². The lowest BCUT2D eigenvalue weighted by atomic mass is 10.1. The van der Waals surface area contributed by atoms with Crippen LogP contribution in [0.5, 0.6) is 5.75 Å². The van der Waals surface area contributed by atoms with E-state index in [1.807, 2.05) is 30.3 Å². The van der Waals surface area contributed by atoms with E-state index in [1.165, 1.54) is 0 Å². The monoisotopic (exact) mass is 374 g/mol. The maximum atomic E-state index is 9.80. The fourth-order valence-electron chi connectivity index (χ4n) is 1.70. The Morgan fingerprint density at radius 2 is 1.80 bits per heavy atom. The van der Waals surface area contributed by atoms with Crippen LogP contribution in [0.1, 0.15) is 17.2 Å². The van der Waals surface area contributed by atoms with Gasteiger partial charge in [0.25, 0.3) is 0 Å². The summed E-state index contributed by atoms with van der Waals surface area (Å²) in [5.41, 5.74) is 1.73. The van der Waals surface area contributed by atoms with Crippen LogP contribution in [0.3, 0.4) is 0 Å². The van der Waals surface area contributed by atoms with Crippen LogP contribution in [0.25, 0.3) is 0 Å². The smallest absolute Gasteiger partial charge is 0.137 e. The van der Waals surface area contributed by atoms with Gasteiger partial charge in [0.1, 0.15) is 23.3 Å². The van der Waals surface area contributed by atoms with E-state index in [9.17, 15) is 5.11 Å². The molecule has 0 heterocycles. The second-order valence-corrected chi connectivity index (χ2v) is 6.26. The molecule has 106 valence electrons. The van der Waals surface area contributed by atoms with E-state index in [0.29, 0.717) is 17.9 Å². The highest BCUT2D eigenvalue weighted by Gasteiger charge is 2.17. The third-order valence-corrected chi connectivity index (χ3v) is 3.87. The maximum absolute atomic E-state index is 9.80. The molecule has 0 bridgehead atoms. The van der Waals surface area contributed by atoms with Crippen LogP contribution in [-0.4, -0.2) is 9.94 Å². The Morgan fingerprint density at radius 1 is 1.10 bits per heavy atom. The van der Waals surface area contributed by atoms with Gasteiger partial charge in [0.05, 0.1) is 4.47 Å². The lowest BCUT2D eigenvalue weighted by Crippen LogP contribution is -2.06. The van der Waals surface area contributed by atoms with Gasteiger partial charge in [-0.25, -0.2) is 0 Å². The van der Waals surface area contributed by atoms with Crippen molar-refractivity contribution in [3.05, 3.63) is 64.1 Å². The summed E-state index contributed by atoms with van der Waals surface area (Å²) in [5.74, 6) is 0.700. The van der Waals surface area contributed by atoms with Gasteiger partial charge in [-0.05, 0) is 39.2 Å². The third-order valence-electron chi connectivity index (χ3n) is 2.77. The van der Waals surface area contributed by atoms with Crippen molar-refractivity contribution in [2.75, 3.05) is 0 Å². The zero-order valence-corrected chi connectivity index (χ0v) is 13.6. The average molecular weight is 376 g/mol. The van der Waals surface area contributed by atoms with Crippen molar-refractivity contribution in [2.45, 2.75) is 17.5 Å².